The van der Waals surface area contributed by atoms with Gasteiger partial charge in [0.15, 0.2) is 12.1 Å². The molecule has 1 aliphatic carbocycles. The summed E-state index contributed by atoms with van der Waals surface area (Å²) in [5.74, 6) is 0.132. The van der Waals surface area contributed by atoms with Gasteiger partial charge in [0.05, 0.1) is 36.1 Å². The largest absolute Gasteiger partial charge is 0.489 e. The van der Waals surface area contributed by atoms with Crippen LogP contribution in [0, 0.1) is 12.8 Å². The van der Waals surface area contributed by atoms with Gasteiger partial charge in [-0.3, -0.25) is 4.79 Å². The first-order valence-corrected chi connectivity index (χ1v) is 10.6. The van der Waals surface area contributed by atoms with E-state index in [4.69, 9.17) is 18.7 Å². The monoisotopic (exact) mass is 416 g/mol. The van der Waals surface area contributed by atoms with Crippen molar-refractivity contribution in [3.8, 4) is 17.2 Å². The van der Waals surface area contributed by atoms with E-state index in [1.54, 1.807) is 6.20 Å². The van der Waals surface area contributed by atoms with Gasteiger partial charge in [-0.15, -0.1) is 0 Å². The minimum Gasteiger partial charge on any atom is -0.489 e. The lowest BCUT2D eigenvalue weighted by Gasteiger charge is -2.27. The molecule has 2 aromatic rings. The van der Waals surface area contributed by atoms with Crippen molar-refractivity contribution >= 4 is 5.97 Å². The summed E-state index contributed by atoms with van der Waals surface area (Å²) < 4.78 is 23.0. The summed E-state index contributed by atoms with van der Waals surface area (Å²) in [6, 6.07) is 3.66. The molecule has 8 nitrogen and oxygen atoms in total. The van der Waals surface area contributed by atoms with Crippen molar-refractivity contribution < 1.29 is 28.6 Å². The number of hydrogen-bond donors (Lipinski definition) is 1. The molecule has 30 heavy (non-hydrogen) atoms. The Bertz CT molecular complexity index is 844. The molecule has 162 valence electrons. The highest BCUT2D eigenvalue weighted by Crippen LogP contribution is 2.30. The predicted octanol–water partition coefficient (Wildman–Crippen LogP) is 4.11. The zero-order chi connectivity index (χ0) is 20.9. The van der Waals surface area contributed by atoms with E-state index in [-0.39, 0.29) is 18.3 Å². The summed E-state index contributed by atoms with van der Waals surface area (Å²) in [5.41, 5.74) is 2.28. The van der Waals surface area contributed by atoms with E-state index in [0.29, 0.717) is 36.7 Å². The molecule has 1 saturated heterocycles. The Kier molecular flexibility index (Phi) is 6.64. The fraction of sp³-hybridized carbons (Fsp3) is 0.591. The van der Waals surface area contributed by atoms with Crippen molar-refractivity contribution in [2.45, 2.75) is 70.9 Å². The minimum atomic E-state index is -0.745. The third kappa shape index (κ3) is 4.99. The normalized spacial score (nSPS) is 24.5. The van der Waals surface area contributed by atoms with Gasteiger partial charge in [0.25, 0.3) is 0 Å². The fourth-order valence-electron chi connectivity index (χ4n) is 4.03. The molecule has 0 amide bonds. The van der Waals surface area contributed by atoms with Crippen molar-refractivity contribution in [2.24, 2.45) is 5.92 Å². The molecule has 1 N–H and O–H groups in total. The average molecular weight is 416 g/mol. The van der Waals surface area contributed by atoms with E-state index < -0.39 is 5.97 Å². The van der Waals surface area contributed by atoms with Gasteiger partial charge in [0, 0.05) is 6.61 Å². The molecule has 2 aromatic heterocycles. The number of pyridine rings is 1. The predicted molar refractivity (Wildman–Crippen MR) is 107 cm³/mol. The molecule has 1 saturated carbocycles. The van der Waals surface area contributed by atoms with Crippen LogP contribution in [-0.4, -0.2) is 40.2 Å². The van der Waals surface area contributed by atoms with Gasteiger partial charge in [-0.05, 0) is 64.0 Å². The third-order valence-corrected chi connectivity index (χ3v) is 5.78. The molecular formula is C22H28N2O6. The number of ether oxygens (including phenoxy) is 3. The molecule has 0 spiro atoms. The Morgan fingerprint density at radius 3 is 2.87 bits per heavy atom. The molecule has 3 heterocycles. The molecule has 2 unspecified atom stereocenters. The second kappa shape index (κ2) is 9.57. The number of aliphatic carboxylic acids is 1. The lowest BCUT2D eigenvalue weighted by Crippen LogP contribution is -2.29. The van der Waals surface area contributed by atoms with Crippen LogP contribution in [0.3, 0.4) is 0 Å². The molecule has 8 heteroatoms. The van der Waals surface area contributed by atoms with Crippen LogP contribution in [0.2, 0.25) is 0 Å². The van der Waals surface area contributed by atoms with Crippen LogP contribution < -0.4 is 4.74 Å². The van der Waals surface area contributed by atoms with E-state index >= 15 is 0 Å². The summed E-state index contributed by atoms with van der Waals surface area (Å²) in [7, 11) is 0. The van der Waals surface area contributed by atoms with Gasteiger partial charge in [-0.25, -0.2) is 4.98 Å². The average Bonchev–Trinajstić information content (AvgIpc) is 3.14. The summed E-state index contributed by atoms with van der Waals surface area (Å²) >= 11 is 0. The number of aryl methyl sites for hydroxylation is 1. The summed E-state index contributed by atoms with van der Waals surface area (Å²) in [6.45, 7) is 2.97. The summed E-state index contributed by atoms with van der Waals surface area (Å²) in [5, 5.41) is 13.3. The molecule has 1 aliphatic heterocycles. The highest BCUT2D eigenvalue weighted by atomic mass is 16.7. The van der Waals surface area contributed by atoms with Gasteiger partial charge >= 0.3 is 5.97 Å². The molecule has 0 radical (unpaired) electrons. The van der Waals surface area contributed by atoms with Crippen molar-refractivity contribution in [3.05, 3.63) is 29.6 Å². The Balaban J connectivity index is 1.39. The number of aromatic nitrogens is 2. The van der Waals surface area contributed by atoms with E-state index in [2.05, 4.69) is 10.1 Å². The Labute approximate surface area is 175 Å². The first-order valence-electron chi connectivity index (χ1n) is 10.6. The topological polar surface area (TPSA) is 104 Å². The van der Waals surface area contributed by atoms with Crippen molar-refractivity contribution in [1.29, 1.82) is 0 Å². The van der Waals surface area contributed by atoms with E-state index in [9.17, 15) is 9.90 Å². The fourth-order valence-corrected chi connectivity index (χ4v) is 4.03. The smallest absolute Gasteiger partial charge is 0.306 e. The molecule has 0 bridgehead atoms. The minimum absolute atomic E-state index is 0.0977. The number of nitrogens with zero attached hydrogens (tertiary/aromatic N) is 2. The van der Waals surface area contributed by atoms with E-state index in [1.807, 2.05) is 19.1 Å². The van der Waals surface area contributed by atoms with Crippen molar-refractivity contribution in [2.75, 3.05) is 6.61 Å². The molecule has 2 fully saturated rings. The second-order valence-electron chi connectivity index (χ2n) is 8.00. The number of hydrogen-bond acceptors (Lipinski definition) is 7. The Morgan fingerprint density at radius 1 is 1.23 bits per heavy atom. The maximum absolute atomic E-state index is 11.2. The highest BCUT2D eigenvalue weighted by molar-refractivity contribution is 5.70. The Hall–Kier alpha value is -2.45. The van der Waals surface area contributed by atoms with Crippen LogP contribution in [0.5, 0.6) is 5.75 Å². The van der Waals surface area contributed by atoms with E-state index in [1.165, 1.54) is 0 Å². The number of carboxylic acids is 1. The van der Waals surface area contributed by atoms with Crippen molar-refractivity contribution in [1.82, 2.24) is 10.1 Å². The Morgan fingerprint density at radius 2 is 2.13 bits per heavy atom. The van der Waals surface area contributed by atoms with Gasteiger partial charge in [0.2, 0.25) is 0 Å². The first-order chi connectivity index (χ1) is 14.6. The lowest BCUT2D eigenvalue weighted by atomic mass is 9.87. The molecular weight excluding hydrogens is 388 g/mol. The van der Waals surface area contributed by atoms with Gasteiger partial charge < -0.3 is 23.8 Å². The summed E-state index contributed by atoms with van der Waals surface area (Å²) in [4.78, 5) is 15.7. The van der Waals surface area contributed by atoms with Gasteiger partial charge in [-0.2, -0.15) is 0 Å². The maximum atomic E-state index is 11.2. The van der Waals surface area contributed by atoms with Crippen LogP contribution in [-0.2, 0) is 20.9 Å². The number of carbonyl (C=O) groups is 1. The van der Waals surface area contributed by atoms with Gasteiger partial charge in [0.1, 0.15) is 11.4 Å². The lowest BCUT2D eigenvalue weighted by molar-refractivity contribution is -0.168. The van der Waals surface area contributed by atoms with Crippen LogP contribution in [0.15, 0.2) is 22.9 Å². The molecule has 2 aliphatic rings. The second-order valence-corrected chi connectivity index (χ2v) is 8.00. The number of rotatable bonds is 7. The first kappa shape index (κ1) is 20.8. The zero-order valence-corrected chi connectivity index (χ0v) is 17.2. The van der Waals surface area contributed by atoms with Crippen LogP contribution >= 0.6 is 0 Å². The van der Waals surface area contributed by atoms with E-state index in [0.717, 1.165) is 50.0 Å². The third-order valence-electron chi connectivity index (χ3n) is 5.78. The quantitative estimate of drug-likeness (QED) is 0.719. The maximum Gasteiger partial charge on any atom is 0.306 e. The SMILES string of the molecule is Cc1noc(-c2ccc(OC3CCC[C@H](C(=O)O)C3)cn2)c1COC1CCCCO1. The summed E-state index contributed by atoms with van der Waals surface area (Å²) in [6.07, 6.45) is 7.41. The van der Waals surface area contributed by atoms with Crippen LogP contribution in [0.4, 0.5) is 0 Å². The highest BCUT2D eigenvalue weighted by Gasteiger charge is 2.28. The standard InChI is InChI=1S/C22H28N2O6/c1-14-18(13-28-20-7-2-3-10-27-20)21(30-24-14)19-9-8-17(12-23-19)29-16-6-4-5-15(11-16)22(25)26/h8-9,12,15-16,20H,2-7,10-11,13H2,1H3,(H,25,26)/t15-,16?,20?/m0/s1. The molecule has 4 rings (SSSR count). The van der Waals surface area contributed by atoms with Gasteiger partial charge in [-0.1, -0.05) is 5.16 Å². The molecule has 0 aromatic carbocycles. The zero-order valence-electron chi connectivity index (χ0n) is 17.2. The molecule has 3 atom stereocenters. The number of carboxylic acid groups (broad SMARTS) is 1. The van der Waals surface area contributed by atoms with Crippen LogP contribution in [0.1, 0.15) is 56.2 Å². The van der Waals surface area contributed by atoms with Crippen molar-refractivity contribution in [3.63, 3.8) is 0 Å². The van der Waals surface area contributed by atoms with Crippen LogP contribution in [0.25, 0.3) is 11.5 Å².